The van der Waals surface area contributed by atoms with Crippen LogP contribution in [0.3, 0.4) is 0 Å². The molecule has 0 unspecified atom stereocenters. The number of alkyl halides is 3. The minimum atomic E-state index is -5.08. The van der Waals surface area contributed by atoms with Crippen LogP contribution in [0.1, 0.15) is 21.7 Å². The standard InChI is InChI=1S/C21H24N2O3.C2HF3O2/c1-16-6-5-9-19(22-16)12-26-15-21-13-23(10-18(21)11-25-14-21)20(24)17-7-3-2-4-8-17;3-2(4,5)1(6)7/h2-9,18H,10-15H2,1H3;(H,6,7)/t18-,21+;/m1./s1. The summed E-state index contributed by atoms with van der Waals surface area (Å²) >= 11 is 0. The van der Waals surface area contributed by atoms with Gasteiger partial charge >= 0.3 is 12.1 Å². The number of fused-ring (bicyclic) bond motifs is 1. The Morgan fingerprint density at radius 2 is 1.91 bits per heavy atom. The fourth-order valence-corrected chi connectivity index (χ4v) is 3.99. The first kappa shape index (κ1) is 24.7. The number of carbonyl (C=O) groups is 2. The minimum Gasteiger partial charge on any atom is -0.475 e. The van der Waals surface area contributed by atoms with Gasteiger partial charge in [0.2, 0.25) is 0 Å². The molecule has 7 nitrogen and oxygen atoms in total. The highest BCUT2D eigenvalue weighted by atomic mass is 19.4. The highest BCUT2D eigenvalue weighted by Gasteiger charge is 2.52. The SMILES string of the molecule is Cc1cccc(COC[C@]23COC[C@H]2CN(C(=O)c2ccccc2)C3)n1.O=C(O)C(F)(F)F. The van der Waals surface area contributed by atoms with Crippen LogP contribution in [0.5, 0.6) is 0 Å². The average molecular weight is 466 g/mol. The molecule has 0 radical (unpaired) electrons. The number of likely N-dealkylation sites (tertiary alicyclic amines) is 1. The molecule has 178 valence electrons. The quantitative estimate of drug-likeness (QED) is 0.727. The average Bonchev–Trinajstić information content (AvgIpc) is 3.31. The number of rotatable bonds is 5. The molecule has 33 heavy (non-hydrogen) atoms. The Bertz CT molecular complexity index is 970. The maximum atomic E-state index is 12.8. The zero-order chi connectivity index (χ0) is 24.1. The van der Waals surface area contributed by atoms with Gasteiger partial charge < -0.3 is 19.5 Å². The lowest BCUT2D eigenvalue weighted by molar-refractivity contribution is -0.192. The number of aromatic nitrogens is 1. The monoisotopic (exact) mass is 466 g/mol. The van der Waals surface area contributed by atoms with Crippen molar-refractivity contribution in [1.82, 2.24) is 9.88 Å². The molecule has 1 aromatic carbocycles. The molecule has 1 amide bonds. The van der Waals surface area contributed by atoms with Crippen LogP contribution in [0.15, 0.2) is 48.5 Å². The Labute approximate surface area is 189 Å². The van der Waals surface area contributed by atoms with Gasteiger partial charge in [0.05, 0.1) is 32.1 Å². The van der Waals surface area contributed by atoms with E-state index in [1.165, 1.54) is 0 Å². The van der Waals surface area contributed by atoms with Crippen LogP contribution in [0.4, 0.5) is 13.2 Å². The zero-order valence-electron chi connectivity index (χ0n) is 18.0. The van der Waals surface area contributed by atoms with Crippen LogP contribution >= 0.6 is 0 Å². The number of carboxylic acid groups (broad SMARTS) is 1. The van der Waals surface area contributed by atoms with Gasteiger partial charge in [-0.1, -0.05) is 24.3 Å². The van der Waals surface area contributed by atoms with Crippen molar-refractivity contribution in [2.75, 3.05) is 32.9 Å². The molecule has 4 rings (SSSR count). The van der Waals surface area contributed by atoms with E-state index >= 15 is 0 Å². The summed E-state index contributed by atoms with van der Waals surface area (Å²) < 4.78 is 43.5. The van der Waals surface area contributed by atoms with E-state index in [2.05, 4.69) is 4.98 Å². The second-order valence-electron chi connectivity index (χ2n) is 8.19. The van der Waals surface area contributed by atoms with Crippen molar-refractivity contribution in [2.45, 2.75) is 19.7 Å². The molecule has 0 bridgehead atoms. The van der Waals surface area contributed by atoms with Gasteiger partial charge in [0.1, 0.15) is 0 Å². The van der Waals surface area contributed by atoms with Gasteiger partial charge in [-0.15, -0.1) is 0 Å². The number of aryl methyl sites for hydroxylation is 1. The van der Waals surface area contributed by atoms with Crippen molar-refractivity contribution >= 4 is 11.9 Å². The molecule has 2 aliphatic rings. The first-order valence-electron chi connectivity index (χ1n) is 10.3. The number of pyridine rings is 1. The van der Waals surface area contributed by atoms with Gasteiger partial charge in [-0.25, -0.2) is 4.79 Å². The normalized spacial score (nSPS) is 21.8. The van der Waals surface area contributed by atoms with Crippen molar-refractivity contribution in [2.24, 2.45) is 11.3 Å². The Balaban J connectivity index is 0.000000383. The number of carbonyl (C=O) groups excluding carboxylic acids is 1. The predicted octanol–water partition coefficient (Wildman–Crippen LogP) is 3.33. The van der Waals surface area contributed by atoms with E-state index in [9.17, 15) is 18.0 Å². The molecule has 10 heteroatoms. The van der Waals surface area contributed by atoms with Crippen LogP contribution in [-0.2, 0) is 20.9 Å². The third-order valence-corrected chi connectivity index (χ3v) is 5.66. The molecule has 2 saturated heterocycles. The largest absolute Gasteiger partial charge is 0.490 e. The van der Waals surface area contributed by atoms with E-state index < -0.39 is 12.1 Å². The number of carboxylic acids is 1. The van der Waals surface area contributed by atoms with Gasteiger partial charge in [-0.2, -0.15) is 13.2 Å². The van der Waals surface area contributed by atoms with Crippen molar-refractivity contribution in [3.63, 3.8) is 0 Å². The van der Waals surface area contributed by atoms with E-state index in [4.69, 9.17) is 19.4 Å². The summed E-state index contributed by atoms with van der Waals surface area (Å²) in [4.78, 5) is 28.1. The molecule has 1 N–H and O–H groups in total. The minimum absolute atomic E-state index is 0.0970. The van der Waals surface area contributed by atoms with Crippen LogP contribution in [0, 0.1) is 18.3 Å². The number of halogens is 3. The maximum Gasteiger partial charge on any atom is 0.490 e. The topological polar surface area (TPSA) is 89.0 Å². The summed E-state index contributed by atoms with van der Waals surface area (Å²) in [5, 5.41) is 7.12. The van der Waals surface area contributed by atoms with Gasteiger partial charge in [0.15, 0.2) is 0 Å². The fourth-order valence-electron chi connectivity index (χ4n) is 3.99. The lowest BCUT2D eigenvalue weighted by Gasteiger charge is -2.26. The Hall–Kier alpha value is -2.98. The number of benzene rings is 1. The van der Waals surface area contributed by atoms with Gasteiger partial charge in [-0.05, 0) is 31.2 Å². The molecule has 0 saturated carbocycles. The summed E-state index contributed by atoms with van der Waals surface area (Å²) in [5.41, 5.74) is 2.57. The van der Waals surface area contributed by atoms with E-state index in [1.54, 1.807) is 0 Å². The summed E-state index contributed by atoms with van der Waals surface area (Å²) in [7, 11) is 0. The molecule has 2 fully saturated rings. The molecular weight excluding hydrogens is 441 g/mol. The van der Waals surface area contributed by atoms with Gasteiger partial charge in [0, 0.05) is 35.7 Å². The number of aliphatic carboxylic acids is 1. The van der Waals surface area contributed by atoms with Crippen molar-refractivity contribution in [3.05, 3.63) is 65.5 Å². The number of amides is 1. The number of hydrogen-bond acceptors (Lipinski definition) is 5. The Kier molecular flexibility index (Phi) is 7.70. The van der Waals surface area contributed by atoms with E-state index in [1.807, 2.05) is 60.4 Å². The molecule has 3 heterocycles. The fraction of sp³-hybridized carbons (Fsp3) is 0.435. The molecule has 2 aromatic rings. The van der Waals surface area contributed by atoms with Crippen molar-refractivity contribution in [1.29, 1.82) is 0 Å². The van der Waals surface area contributed by atoms with Crippen LogP contribution < -0.4 is 0 Å². The third-order valence-electron chi connectivity index (χ3n) is 5.66. The van der Waals surface area contributed by atoms with E-state index in [0.717, 1.165) is 23.5 Å². The summed E-state index contributed by atoms with van der Waals surface area (Å²) in [6.45, 7) is 5.83. The highest BCUT2D eigenvalue weighted by molar-refractivity contribution is 5.94. The first-order chi connectivity index (χ1) is 15.6. The predicted molar refractivity (Wildman–Crippen MR) is 111 cm³/mol. The second kappa shape index (κ2) is 10.3. The number of ether oxygens (including phenoxy) is 2. The third kappa shape index (κ3) is 6.29. The van der Waals surface area contributed by atoms with E-state index in [0.29, 0.717) is 38.9 Å². The van der Waals surface area contributed by atoms with Crippen molar-refractivity contribution in [3.8, 4) is 0 Å². The molecule has 0 aliphatic carbocycles. The van der Waals surface area contributed by atoms with Gasteiger partial charge in [-0.3, -0.25) is 9.78 Å². The Morgan fingerprint density at radius 1 is 1.21 bits per heavy atom. The molecule has 2 aliphatic heterocycles. The van der Waals surface area contributed by atoms with Crippen molar-refractivity contribution < 1.29 is 37.3 Å². The first-order valence-corrected chi connectivity index (χ1v) is 10.3. The second-order valence-corrected chi connectivity index (χ2v) is 8.19. The summed E-state index contributed by atoms with van der Waals surface area (Å²) in [6, 6.07) is 15.4. The molecular formula is C23H25F3N2O5. The van der Waals surface area contributed by atoms with E-state index in [-0.39, 0.29) is 11.3 Å². The smallest absolute Gasteiger partial charge is 0.475 e. The Morgan fingerprint density at radius 3 is 2.55 bits per heavy atom. The maximum absolute atomic E-state index is 12.8. The lowest BCUT2D eigenvalue weighted by Crippen LogP contribution is -2.37. The highest BCUT2D eigenvalue weighted by Crippen LogP contribution is 2.42. The molecule has 1 aromatic heterocycles. The van der Waals surface area contributed by atoms with Crippen LogP contribution in [0.2, 0.25) is 0 Å². The van der Waals surface area contributed by atoms with Gasteiger partial charge in [0.25, 0.3) is 5.91 Å². The summed E-state index contributed by atoms with van der Waals surface area (Å²) in [5.74, 6) is -2.33. The summed E-state index contributed by atoms with van der Waals surface area (Å²) in [6.07, 6.45) is -5.08. The molecule has 0 spiro atoms. The zero-order valence-corrected chi connectivity index (χ0v) is 18.0. The number of hydrogen-bond donors (Lipinski definition) is 1. The van der Waals surface area contributed by atoms with Crippen LogP contribution in [-0.4, -0.2) is 66.0 Å². The lowest BCUT2D eigenvalue weighted by atomic mass is 9.82. The van der Waals surface area contributed by atoms with Crippen LogP contribution in [0.25, 0.3) is 0 Å². The molecule has 2 atom stereocenters. The number of nitrogens with zero attached hydrogens (tertiary/aromatic N) is 2.